The topological polar surface area (TPSA) is 24.5 Å². The summed E-state index contributed by atoms with van der Waals surface area (Å²) < 4.78 is 17.7. The largest absolute Gasteiger partial charge is 0.385 e. The molecule has 1 aromatic rings. The third-order valence-corrected chi connectivity index (χ3v) is 2.74. The van der Waals surface area contributed by atoms with Crippen molar-refractivity contribution in [3.63, 3.8) is 0 Å². The minimum atomic E-state index is -0.179. The second-order valence-corrected chi connectivity index (χ2v) is 4.46. The summed E-state index contributed by atoms with van der Waals surface area (Å²) in [7, 11) is 3.79. The molecule has 0 radical (unpaired) electrons. The van der Waals surface area contributed by atoms with Crippen LogP contribution in [0.3, 0.4) is 0 Å². The summed E-state index contributed by atoms with van der Waals surface area (Å²) >= 11 is 0. The van der Waals surface area contributed by atoms with Crippen molar-refractivity contribution in [1.29, 1.82) is 0 Å². The number of likely N-dealkylation sites (N-methyl/N-ethyl adjacent to an activating group) is 1. The predicted octanol–water partition coefficient (Wildman–Crippen LogP) is 1.88. The lowest BCUT2D eigenvalue weighted by Gasteiger charge is -2.17. The van der Waals surface area contributed by atoms with Gasteiger partial charge in [0.25, 0.3) is 0 Å². The maximum absolute atomic E-state index is 12.7. The lowest BCUT2D eigenvalue weighted by molar-refractivity contribution is 0.194. The van der Waals surface area contributed by atoms with Crippen LogP contribution in [-0.2, 0) is 11.3 Å². The van der Waals surface area contributed by atoms with Crippen molar-refractivity contribution in [2.75, 3.05) is 40.4 Å². The average Bonchev–Trinajstić information content (AvgIpc) is 2.36. The Morgan fingerprint density at radius 3 is 2.61 bits per heavy atom. The molecule has 0 spiro atoms. The fourth-order valence-electron chi connectivity index (χ4n) is 1.72. The molecule has 0 bridgehead atoms. The van der Waals surface area contributed by atoms with E-state index in [1.807, 2.05) is 12.1 Å². The molecule has 18 heavy (non-hydrogen) atoms. The quantitative estimate of drug-likeness (QED) is 0.681. The molecule has 1 aromatic carbocycles. The summed E-state index contributed by atoms with van der Waals surface area (Å²) in [5.74, 6) is -0.179. The summed E-state index contributed by atoms with van der Waals surface area (Å²) in [5.41, 5.74) is 1.14. The zero-order chi connectivity index (χ0) is 13.2. The van der Waals surface area contributed by atoms with E-state index in [9.17, 15) is 4.39 Å². The molecule has 0 fully saturated rings. The predicted molar refractivity (Wildman–Crippen MR) is 72.1 cm³/mol. The monoisotopic (exact) mass is 254 g/mol. The van der Waals surface area contributed by atoms with Gasteiger partial charge in [-0.05, 0) is 37.7 Å². The summed E-state index contributed by atoms with van der Waals surface area (Å²) in [5, 5.41) is 3.36. The van der Waals surface area contributed by atoms with E-state index in [-0.39, 0.29) is 5.82 Å². The summed E-state index contributed by atoms with van der Waals surface area (Å²) in [6.07, 6.45) is 1.04. The Morgan fingerprint density at radius 1 is 1.22 bits per heavy atom. The first-order valence-electron chi connectivity index (χ1n) is 6.35. The second-order valence-electron chi connectivity index (χ2n) is 4.46. The number of nitrogens with one attached hydrogen (secondary N) is 1. The van der Waals surface area contributed by atoms with Crippen molar-refractivity contribution in [3.8, 4) is 0 Å². The van der Waals surface area contributed by atoms with Crippen molar-refractivity contribution < 1.29 is 9.13 Å². The highest BCUT2D eigenvalue weighted by molar-refractivity contribution is 5.15. The molecule has 0 saturated heterocycles. The van der Waals surface area contributed by atoms with Gasteiger partial charge in [-0.15, -0.1) is 0 Å². The zero-order valence-corrected chi connectivity index (χ0v) is 11.3. The molecular formula is C14H23FN2O. The molecule has 0 aliphatic carbocycles. The van der Waals surface area contributed by atoms with Gasteiger partial charge in [0.05, 0.1) is 0 Å². The smallest absolute Gasteiger partial charge is 0.123 e. The zero-order valence-electron chi connectivity index (χ0n) is 11.3. The van der Waals surface area contributed by atoms with Gasteiger partial charge >= 0.3 is 0 Å². The minimum absolute atomic E-state index is 0.179. The van der Waals surface area contributed by atoms with Gasteiger partial charge in [0.1, 0.15) is 5.82 Å². The molecule has 0 aromatic heterocycles. The van der Waals surface area contributed by atoms with E-state index in [1.165, 1.54) is 12.1 Å². The number of hydrogen-bond acceptors (Lipinski definition) is 3. The minimum Gasteiger partial charge on any atom is -0.385 e. The fourth-order valence-corrected chi connectivity index (χ4v) is 1.72. The van der Waals surface area contributed by atoms with Gasteiger partial charge < -0.3 is 15.0 Å². The molecule has 1 rings (SSSR count). The van der Waals surface area contributed by atoms with Crippen LogP contribution in [0.4, 0.5) is 4.39 Å². The molecule has 0 heterocycles. The second kappa shape index (κ2) is 9.03. The normalized spacial score (nSPS) is 11.1. The Hall–Kier alpha value is -0.970. The standard InChI is InChI=1S/C14H23FN2O/c1-17(10-9-16-8-3-11-18-2)12-13-4-6-14(15)7-5-13/h4-7,16H,3,8-12H2,1-2H3. The van der Waals surface area contributed by atoms with Gasteiger partial charge in [-0.3, -0.25) is 0 Å². The maximum atomic E-state index is 12.7. The Morgan fingerprint density at radius 2 is 1.94 bits per heavy atom. The number of benzene rings is 1. The lowest BCUT2D eigenvalue weighted by atomic mass is 10.2. The van der Waals surface area contributed by atoms with Crippen LogP contribution in [0.5, 0.6) is 0 Å². The summed E-state index contributed by atoms with van der Waals surface area (Å²) in [6, 6.07) is 6.67. The van der Waals surface area contributed by atoms with Crippen LogP contribution in [0.1, 0.15) is 12.0 Å². The Balaban J connectivity index is 2.10. The van der Waals surface area contributed by atoms with Crippen LogP contribution >= 0.6 is 0 Å². The Labute approximate surface area is 109 Å². The van der Waals surface area contributed by atoms with E-state index in [4.69, 9.17) is 4.74 Å². The number of nitrogens with zero attached hydrogens (tertiary/aromatic N) is 1. The van der Waals surface area contributed by atoms with Crippen LogP contribution in [-0.4, -0.2) is 45.3 Å². The molecule has 0 saturated carbocycles. The number of halogens is 1. The van der Waals surface area contributed by atoms with Crippen molar-refractivity contribution >= 4 is 0 Å². The SMILES string of the molecule is COCCCNCCN(C)Cc1ccc(F)cc1. The van der Waals surface area contributed by atoms with E-state index in [1.54, 1.807) is 7.11 Å². The molecule has 3 nitrogen and oxygen atoms in total. The molecule has 102 valence electrons. The first kappa shape index (κ1) is 15.1. The van der Waals surface area contributed by atoms with Crippen molar-refractivity contribution in [2.45, 2.75) is 13.0 Å². The lowest BCUT2D eigenvalue weighted by Crippen LogP contribution is -2.29. The summed E-state index contributed by atoms with van der Waals surface area (Å²) in [4.78, 5) is 2.22. The molecule has 1 N–H and O–H groups in total. The third-order valence-electron chi connectivity index (χ3n) is 2.74. The molecular weight excluding hydrogens is 231 g/mol. The first-order chi connectivity index (χ1) is 8.72. The van der Waals surface area contributed by atoms with Crippen molar-refractivity contribution in [2.24, 2.45) is 0 Å². The molecule has 0 amide bonds. The van der Waals surface area contributed by atoms with Crippen LogP contribution in [0, 0.1) is 5.82 Å². The van der Waals surface area contributed by atoms with Crippen molar-refractivity contribution in [3.05, 3.63) is 35.6 Å². The fraction of sp³-hybridized carbons (Fsp3) is 0.571. The van der Waals surface area contributed by atoms with Gasteiger partial charge in [0.15, 0.2) is 0 Å². The number of methoxy groups -OCH3 is 1. The number of ether oxygens (including phenoxy) is 1. The highest BCUT2D eigenvalue weighted by Crippen LogP contribution is 2.04. The van der Waals surface area contributed by atoms with E-state index < -0.39 is 0 Å². The number of hydrogen-bond donors (Lipinski definition) is 1. The van der Waals surface area contributed by atoms with Gasteiger partial charge in [-0.2, -0.15) is 0 Å². The van der Waals surface area contributed by atoms with Crippen LogP contribution in [0.2, 0.25) is 0 Å². The third kappa shape index (κ3) is 6.69. The van der Waals surface area contributed by atoms with Gasteiger partial charge in [-0.1, -0.05) is 12.1 Å². The van der Waals surface area contributed by atoms with Crippen LogP contribution in [0.15, 0.2) is 24.3 Å². The van der Waals surface area contributed by atoms with Gasteiger partial charge in [-0.25, -0.2) is 4.39 Å². The van der Waals surface area contributed by atoms with E-state index in [2.05, 4.69) is 17.3 Å². The molecule has 0 unspecified atom stereocenters. The van der Waals surface area contributed by atoms with Crippen LogP contribution < -0.4 is 5.32 Å². The Kier molecular flexibility index (Phi) is 7.57. The number of rotatable bonds is 9. The van der Waals surface area contributed by atoms with Crippen LogP contribution in [0.25, 0.3) is 0 Å². The maximum Gasteiger partial charge on any atom is 0.123 e. The molecule has 0 aliphatic rings. The molecule has 0 atom stereocenters. The summed E-state index contributed by atoms with van der Waals surface area (Å²) in [6.45, 7) is 4.57. The average molecular weight is 254 g/mol. The Bertz CT molecular complexity index is 316. The molecule has 0 aliphatic heterocycles. The first-order valence-corrected chi connectivity index (χ1v) is 6.35. The van der Waals surface area contributed by atoms with E-state index >= 15 is 0 Å². The highest BCUT2D eigenvalue weighted by atomic mass is 19.1. The van der Waals surface area contributed by atoms with E-state index in [0.29, 0.717) is 0 Å². The molecule has 4 heteroatoms. The van der Waals surface area contributed by atoms with Gasteiger partial charge in [0, 0.05) is 33.4 Å². The van der Waals surface area contributed by atoms with E-state index in [0.717, 1.165) is 44.8 Å². The highest BCUT2D eigenvalue weighted by Gasteiger charge is 2.00. The van der Waals surface area contributed by atoms with Crippen molar-refractivity contribution in [1.82, 2.24) is 10.2 Å². The van der Waals surface area contributed by atoms with Gasteiger partial charge in [0.2, 0.25) is 0 Å².